The van der Waals surface area contributed by atoms with E-state index in [1.165, 1.54) is 36.3 Å². The van der Waals surface area contributed by atoms with Gasteiger partial charge in [-0.15, -0.1) is 11.3 Å². The summed E-state index contributed by atoms with van der Waals surface area (Å²) < 4.78 is 0.717. The van der Waals surface area contributed by atoms with Crippen molar-refractivity contribution in [3.63, 3.8) is 0 Å². The molecule has 0 radical (unpaired) electrons. The number of aliphatic carboxylic acids is 1. The number of carbonyl (C=O) groups is 1. The molecular weight excluding hydrogens is 282 g/mol. The van der Waals surface area contributed by atoms with Crippen molar-refractivity contribution in [3.05, 3.63) is 27.3 Å². The molecule has 0 aliphatic carbocycles. The van der Waals surface area contributed by atoms with Crippen LogP contribution in [0.3, 0.4) is 0 Å². The first-order valence-electron chi connectivity index (χ1n) is 5.82. The number of fused-ring (bicyclic) bond motifs is 1. The van der Waals surface area contributed by atoms with Crippen molar-refractivity contribution in [2.45, 2.75) is 19.9 Å². The summed E-state index contributed by atoms with van der Waals surface area (Å²) in [6.07, 6.45) is 0. The van der Waals surface area contributed by atoms with Gasteiger partial charge in [-0.3, -0.25) is 10.1 Å². The van der Waals surface area contributed by atoms with Gasteiger partial charge in [-0.2, -0.15) is 0 Å². The quantitative estimate of drug-likeness (QED) is 0.687. The predicted octanol–water partition coefficient (Wildman–Crippen LogP) is 2.42. The maximum absolute atomic E-state index is 11.2. The van der Waals surface area contributed by atoms with E-state index in [1.807, 2.05) is 6.92 Å². The summed E-state index contributed by atoms with van der Waals surface area (Å²) in [5, 5.41) is 21.0. The van der Waals surface area contributed by atoms with Crippen molar-refractivity contribution in [3.8, 4) is 0 Å². The standard InChI is InChI=1S/C12H13N3O4S/c1-6(12(16)17)14(3)9-4-8-11(20-7(2)13-8)5-10(9)15(18)19/h4-6H,1-3H3,(H,16,17). The van der Waals surface area contributed by atoms with Crippen molar-refractivity contribution in [2.75, 3.05) is 11.9 Å². The smallest absolute Gasteiger partial charge is 0.326 e. The van der Waals surface area contributed by atoms with Crippen LogP contribution in [0.25, 0.3) is 10.2 Å². The number of likely N-dealkylation sites (N-methyl/N-ethyl adjacent to an activating group) is 1. The van der Waals surface area contributed by atoms with Crippen LogP contribution in [0.1, 0.15) is 11.9 Å². The van der Waals surface area contributed by atoms with Gasteiger partial charge in [-0.25, -0.2) is 9.78 Å². The molecule has 0 aliphatic rings. The molecular formula is C12H13N3O4S. The highest BCUT2D eigenvalue weighted by Crippen LogP contribution is 2.35. The zero-order chi connectivity index (χ0) is 15.0. The second-order valence-electron chi connectivity index (χ2n) is 4.42. The first-order chi connectivity index (χ1) is 9.31. The summed E-state index contributed by atoms with van der Waals surface area (Å²) in [5.41, 5.74) is 0.775. The molecule has 8 heteroatoms. The molecule has 7 nitrogen and oxygen atoms in total. The van der Waals surface area contributed by atoms with E-state index in [1.54, 1.807) is 6.07 Å². The Morgan fingerprint density at radius 2 is 2.20 bits per heavy atom. The number of anilines is 1. The third-order valence-electron chi connectivity index (χ3n) is 3.11. The van der Waals surface area contributed by atoms with E-state index < -0.39 is 16.9 Å². The highest BCUT2D eigenvalue weighted by molar-refractivity contribution is 7.18. The number of nitrogens with zero attached hydrogens (tertiary/aromatic N) is 3. The number of carboxylic acid groups (broad SMARTS) is 1. The summed E-state index contributed by atoms with van der Waals surface area (Å²) in [5.74, 6) is -1.05. The second-order valence-corrected chi connectivity index (χ2v) is 5.66. The van der Waals surface area contributed by atoms with Crippen molar-refractivity contribution in [1.29, 1.82) is 0 Å². The number of rotatable bonds is 4. The summed E-state index contributed by atoms with van der Waals surface area (Å²) >= 11 is 1.37. The maximum Gasteiger partial charge on any atom is 0.326 e. The topological polar surface area (TPSA) is 96.6 Å². The number of nitro groups is 1. The van der Waals surface area contributed by atoms with Crippen LogP contribution in [0.2, 0.25) is 0 Å². The Morgan fingerprint density at radius 1 is 1.55 bits per heavy atom. The number of aromatic nitrogens is 1. The van der Waals surface area contributed by atoms with Crippen LogP contribution in [0.5, 0.6) is 0 Å². The van der Waals surface area contributed by atoms with Crippen LogP contribution in [0.4, 0.5) is 11.4 Å². The van der Waals surface area contributed by atoms with Gasteiger partial charge in [0.2, 0.25) is 0 Å². The zero-order valence-electron chi connectivity index (χ0n) is 11.2. The van der Waals surface area contributed by atoms with Crippen LogP contribution in [-0.4, -0.2) is 34.1 Å². The summed E-state index contributed by atoms with van der Waals surface area (Å²) in [4.78, 5) is 27.4. The summed E-state index contributed by atoms with van der Waals surface area (Å²) in [6.45, 7) is 3.29. The number of nitro benzene ring substituents is 1. The third kappa shape index (κ3) is 2.42. The molecule has 0 amide bonds. The van der Waals surface area contributed by atoms with Crippen molar-refractivity contribution in [1.82, 2.24) is 4.98 Å². The molecule has 0 fully saturated rings. The van der Waals surface area contributed by atoms with Crippen LogP contribution in [-0.2, 0) is 4.79 Å². The fraction of sp³-hybridized carbons (Fsp3) is 0.333. The van der Waals surface area contributed by atoms with Gasteiger partial charge in [0.1, 0.15) is 11.7 Å². The fourth-order valence-corrected chi connectivity index (χ4v) is 2.71. The second kappa shape index (κ2) is 5.04. The Morgan fingerprint density at radius 3 is 2.75 bits per heavy atom. The molecule has 1 unspecified atom stereocenters. The first kappa shape index (κ1) is 14.2. The average molecular weight is 295 g/mol. The largest absolute Gasteiger partial charge is 0.480 e. The number of thiazole rings is 1. The van der Waals surface area contributed by atoms with E-state index in [9.17, 15) is 14.9 Å². The number of carboxylic acids is 1. The lowest BCUT2D eigenvalue weighted by molar-refractivity contribution is -0.384. The number of benzene rings is 1. The monoisotopic (exact) mass is 295 g/mol. The lowest BCUT2D eigenvalue weighted by Crippen LogP contribution is -2.36. The molecule has 0 aliphatic heterocycles. The molecule has 0 saturated carbocycles. The van der Waals surface area contributed by atoms with Gasteiger partial charge in [0, 0.05) is 13.1 Å². The normalized spacial score (nSPS) is 12.3. The van der Waals surface area contributed by atoms with E-state index in [0.29, 0.717) is 10.2 Å². The fourth-order valence-electron chi connectivity index (χ4n) is 1.87. The van der Waals surface area contributed by atoms with Gasteiger partial charge < -0.3 is 10.0 Å². The summed E-state index contributed by atoms with van der Waals surface area (Å²) in [7, 11) is 1.52. The molecule has 2 rings (SSSR count). The first-order valence-corrected chi connectivity index (χ1v) is 6.64. The minimum Gasteiger partial charge on any atom is -0.480 e. The van der Waals surface area contributed by atoms with Crippen LogP contribution < -0.4 is 4.90 Å². The molecule has 1 heterocycles. The molecule has 1 N–H and O–H groups in total. The Bertz CT molecular complexity index is 697. The molecule has 1 aromatic heterocycles. The maximum atomic E-state index is 11.2. The molecule has 0 saturated heterocycles. The van der Waals surface area contributed by atoms with Gasteiger partial charge >= 0.3 is 5.97 Å². The number of hydrogen-bond donors (Lipinski definition) is 1. The van der Waals surface area contributed by atoms with Crippen molar-refractivity contribution >= 4 is 38.9 Å². The summed E-state index contributed by atoms with van der Waals surface area (Å²) in [6, 6.07) is 2.14. The van der Waals surface area contributed by atoms with Gasteiger partial charge in [0.25, 0.3) is 5.69 Å². The SMILES string of the molecule is Cc1nc2cc(N(C)C(C)C(=O)O)c([N+](=O)[O-])cc2s1. The van der Waals surface area contributed by atoms with E-state index in [2.05, 4.69) is 4.98 Å². The van der Waals surface area contributed by atoms with Gasteiger partial charge in [0.15, 0.2) is 0 Å². The van der Waals surface area contributed by atoms with Gasteiger partial charge in [-0.1, -0.05) is 0 Å². The molecule has 106 valence electrons. The average Bonchev–Trinajstić information content (AvgIpc) is 2.74. The Balaban J connectivity index is 2.62. The molecule has 0 bridgehead atoms. The molecule has 20 heavy (non-hydrogen) atoms. The molecule has 0 spiro atoms. The van der Waals surface area contributed by atoms with E-state index in [-0.39, 0.29) is 11.4 Å². The van der Waals surface area contributed by atoms with Gasteiger partial charge in [-0.05, 0) is 19.9 Å². The highest BCUT2D eigenvalue weighted by atomic mass is 32.1. The minimum atomic E-state index is -1.05. The van der Waals surface area contributed by atoms with Crippen LogP contribution in [0, 0.1) is 17.0 Å². The highest BCUT2D eigenvalue weighted by Gasteiger charge is 2.25. The molecule has 1 atom stereocenters. The predicted molar refractivity (Wildman–Crippen MR) is 76.5 cm³/mol. The number of aryl methyl sites for hydroxylation is 1. The third-order valence-corrected chi connectivity index (χ3v) is 4.04. The van der Waals surface area contributed by atoms with E-state index in [4.69, 9.17) is 5.11 Å². The van der Waals surface area contributed by atoms with Crippen molar-refractivity contribution in [2.24, 2.45) is 0 Å². The van der Waals surface area contributed by atoms with E-state index >= 15 is 0 Å². The number of hydrogen-bond acceptors (Lipinski definition) is 6. The Hall–Kier alpha value is -2.22. The zero-order valence-corrected chi connectivity index (χ0v) is 12.0. The lowest BCUT2D eigenvalue weighted by atomic mass is 10.2. The van der Waals surface area contributed by atoms with E-state index in [0.717, 1.165) is 5.01 Å². The molecule has 2 aromatic rings. The lowest BCUT2D eigenvalue weighted by Gasteiger charge is -2.23. The van der Waals surface area contributed by atoms with Crippen LogP contribution in [0.15, 0.2) is 12.1 Å². The van der Waals surface area contributed by atoms with Crippen LogP contribution >= 0.6 is 11.3 Å². The Labute approximate surface area is 118 Å². The van der Waals surface area contributed by atoms with Crippen molar-refractivity contribution < 1.29 is 14.8 Å². The molecule has 1 aromatic carbocycles. The van der Waals surface area contributed by atoms with Gasteiger partial charge in [0.05, 0.1) is 20.1 Å². The Kier molecular flexibility index (Phi) is 3.58. The minimum absolute atomic E-state index is 0.114.